The molecule has 0 fully saturated rings. The molecule has 0 radical (unpaired) electrons. The molecule has 3 N–H and O–H groups in total. The Kier molecular flexibility index (Phi) is 4.86. The third kappa shape index (κ3) is 3.70. The number of aryl methyl sites for hydroxylation is 1. The fourth-order valence-electron chi connectivity index (χ4n) is 4.33. The van der Waals surface area contributed by atoms with E-state index in [2.05, 4.69) is 9.98 Å². The van der Waals surface area contributed by atoms with E-state index in [0.29, 0.717) is 46.4 Å². The quantitative estimate of drug-likeness (QED) is 0.573. The Morgan fingerprint density at radius 2 is 1.97 bits per heavy atom. The first kappa shape index (κ1) is 21.3. The van der Waals surface area contributed by atoms with Crippen molar-refractivity contribution in [2.45, 2.75) is 37.8 Å². The molecule has 0 saturated carbocycles. The molecule has 2 aliphatic rings. The summed E-state index contributed by atoms with van der Waals surface area (Å²) in [4.78, 5) is 8.31. The molecule has 170 valence electrons. The lowest BCUT2D eigenvalue weighted by atomic mass is 9.79. The van der Waals surface area contributed by atoms with Crippen LogP contribution >= 0.6 is 0 Å². The second-order valence-corrected chi connectivity index (χ2v) is 9.02. The minimum Gasteiger partial charge on any atom is -0.462 e. The number of rotatable bonds is 4. The van der Waals surface area contributed by atoms with Crippen LogP contribution in [0.15, 0.2) is 53.7 Å². The van der Waals surface area contributed by atoms with Crippen LogP contribution in [-0.4, -0.2) is 28.3 Å². The van der Waals surface area contributed by atoms with Crippen molar-refractivity contribution >= 4 is 6.02 Å². The number of fused-ring (bicyclic) bond motifs is 4. The number of nitrogens with zero attached hydrogens (tertiary/aromatic N) is 2. The van der Waals surface area contributed by atoms with Crippen LogP contribution < -0.4 is 10.5 Å². The van der Waals surface area contributed by atoms with E-state index < -0.39 is 22.9 Å². The number of ether oxygens (including phenoxy) is 2. The molecule has 6 nitrogen and oxygen atoms in total. The number of halogens is 2. The standard InChI is InChI=1S/C25H23F2N3O3/c1-24(2,31)8-7-14-10-18-21(19(26)11-14)33-20-6-5-15(16-4-3-9-29-22(16)27)12-17(20)25(18)13-32-23(28)30-25/h3-6,9-12,31H,7-8,13H2,1-2H3,(H2,28,30). The SMILES string of the molecule is CC(C)(O)CCc1cc(F)c2c(c1)C1(COC(N)=N1)c1cc(-c3cccnc3F)ccc1O2. The molecular weight excluding hydrogens is 428 g/mol. The highest BCUT2D eigenvalue weighted by Gasteiger charge is 2.48. The molecule has 1 spiro atoms. The number of hydrogen-bond donors (Lipinski definition) is 2. The normalized spacial score (nSPS) is 18.9. The number of amidine groups is 1. The average Bonchev–Trinajstić information content (AvgIpc) is 3.15. The first-order valence-corrected chi connectivity index (χ1v) is 10.6. The molecule has 8 heteroatoms. The highest BCUT2D eigenvalue weighted by Crippen LogP contribution is 2.52. The van der Waals surface area contributed by atoms with Gasteiger partial charge in [-0.15, -0.1) is 0 Å². The molecule has 0 aliphatic carbocycles. The van der Waals surface area contributed by atoms with Gasteiger partial charge in [0.2, 0.25) is 5.95 Å². The van der Waals surface area contributed by atoms with Crippen molar-refractivity contribution in [1.82, 2.24) is 4.98 Å². The maximum Gasteiger partial charge on any atom is 0.283 e. The highest BCUT2D eigenvalue weighted by molar-refractivity contribution is 5.78. The Labute approximate surface area is 189 Å². The summed E-state index contributed by atoms with van der Waals surface area (Å²) in [7, 11) is 0. The maximum atomic E-state index is 15.2. The molecule has 0 amide bonds. The lowest BCUT2D eigenvalue weighted by Crippen LogP contribution is -2.32. The molecule has 1 unspecified atom stereocenters. The summed E-state index contributed by atoms with van der Waals surface area (Å²) in [6, 6.07) is 11.6. The fourth-order valence-corrected chi connectivity index (χ4v) is 4.33. The van der Waals surface area contributed by atoms with Gasteiger partial charge in [0.25, 0.3) is 6.02 Å². The molecule has 1 aromatic heterocycles. The lowest BCUT2D eigenvalue weighted by Gasteiger charge is -2.34. The van der Waals surface area contributed by atoms with Gasteiger partial charge in [-0.3, -0.25) is 0 Å². The first-order chi connectivity index (χ1) is 15.7. The molecule has 2 aromatic carbocycles. The molecule has 1 atom stereocenters. The van der Waals surface area contributed by atoms with Crippen molar-refractivity contribution in [3.63, 3.8) is 0 Å². The van der Waals surface area contributed by atoms with Crippen LogP contribution in [0.4, 0.5) is 8.78 Å². The second-order valence-electron chi connectivity index (χ2n) is 9.02. The highest BCUT2D eigenvalue weighted by atomic mass is 19.1. The number of aliphatic imine (C=N–C) groups is 1. The van der Waals surface area contributed by atoms with Gasteiger partial charge in [0.15, 0.2) is 17.1 Å². The van der Waals surface area contributed by atoms with E-state index >= 15 is 4.39 Å². The molecular formula is C25H23F2N3O3. The lowest BCUT2D eigenvalue weighted by molar-refractivity contribution is 0.0713. The van der Waals surface area contributed by atoms with Gasteiger partial charge in [0.1, 0.15) is 12.4 Å². The van der Waals surface area contributed by atoms with E-state index in [9.17, 15) is 9.50 Å². The summed E-state index contributed by atoms with van der Waals surface area (Å²) in [6.07, 6.45) is 2.28. The van der Waals surface area contributed by atoms with Crippen molar-refractivity contribution in [2.24, 2.45) is 10.7 Å². The van der Waals surface area contributed by atoms with Gasteiger partial charge in [-0.1, -0.05) is 6.07 Å². The number of pyridine rings is 1. The van der Waals surface area contributed by atoms with E-state index in [4.69, 9.17) is 15.2 Å². The third-order valence-corrected chi connectivity index (χ3v) is 6.01. The predicted molar refractivity (Wildman–Crippen MR) is 119 cm³/mol. The van der Waals surface area contributed by atoms with Crippen molar-refractivity contribution in [1.29, 1.82) is 0 Å². The summed E-state index contributed by atoms with van der Waals surface area (Å²) < 4.78 is 41.1. The van der Waals surface area contributed by atoms with Gasteiger partial charge < -0.3 is 20.3 Å². The van der Waals surface area contributed by atoms with E-state index in [-0.39, 0.29) is 18.4 Å². The van der Waals surface area contributed by atoms with Crippen molar-refractivity contribution in [3.8, 4) is 22.6 Å². The van der Waals surface area contributed by atoms with Crippen molar-refractivity contribution < 1.29 is 23.4 Å². The molecule has 3 aromatic rings. The van der Waals surface area contributed by atoms with Gasteiger partial charge in [0, 0.05) is 22.9 Å². The number of hydrogen-bond acceptors (Lipinski definition) is 6. The van der Waals surface area contributed by atoms with Crippen molar-refractivity contribution in [3.05, 3.63) is 77.1 Å². The number of benzene rings is 2. The van der Waals surface area contributed by atoms with Crippen LogP contribution in [0.2, 0.25) is 0 Å². The fraction of sp³-hybridized carbons (Fsp3) is 0.280. The van der Waals surface area contributed by atoms with Crippen LogP contribution in [0.25, 0.3) is 11.1 Å². The molecule has 0 bridgehead atoms. The summed E-state index contributed by atoms with van der Waals surface area (Å²) >= 11 is 0. The maximum absolute atomic E-state index is 15.2. The van der Waals surface area contributed by atoms with Crippen LogP contribution in [0.1, 0.15) is 37.0 Å². The van der Waals surface area contributed by atoms with Crippen LogP contribution in [-0.2, 0) is 16.7 Å². The number of aliphatic hydroxyl groups is 1. The number of nitrogens with two attached hydrogens (primary N) is 1. The largest absolute Gasteiger partial charge is 0.462 e. The Balaban J connectivity index is 1.67. The molecule has 5 rings (SSSR count). The minimum absolute atomic E-state index is 0.0194. The molecule has 2 aliphatic heterocycles. The summed E-state index contributed by atoms with van der Waals surface area (Å²) in [6.45, 7) is 3.46. The number of aromatic nitrogens is 1. The average molecular weight is 451 g/mol. The third-order valence-electron chi connectivity index (χ3n) is 6.01. The Bertz CT molecular complexity index is 1290. The summed E-state index contributed by atoms with van der Waals surface area (Å²) in [5.41, 5.74) is 6.53. The predicted octanol–water partition coefficient (Wildman–Crippen LogP) is 4.42. The molecule has 0 saturated heterocycles. The van der Waals surface area contributed by atoms with Crippen molar-refractivity contribution in [2.75, 3.05) is 6.61 Å². The van der Waals surface area contributed by atoms with Crippen LogP contribution in [0, 0.1) is 11.8 Å². The second kappa shape index (κ2) is 7.52. The van der Waals surface area contributed by atoms with E-state index in [1.165, 1.54) is 12.3 Å². The van der Waals surface area contributed by atoms with Gasteiger partial charge in [-0.25, -0.2) is 14.4 Å². The van der Waals surface area contributed by atoms with Gasteiger partial charge in [-0.2, -0.15) is 4.39 Å². The van der Waals surface area contributed by atoms with E-state index in [1.807, 2.05) is 6.07 Å². The van der Waals surface area contributed by atoms with Gasteiger partial charge >= 0.3 is 0 Å². The Hall–Kier alpha value is -3.52. The monoisotopic (exact) mass is 451 g/mol. The van der Waals surface area contributed by atoms with Crippen LogP contribution in [0.3, 0.4) is 0 Å². The zero-order chi connectivity index (χ0) is 23.4. The van der Waals surface area contributed by atoms with Gasteiger partial charge in [0.05, 0.1) is 5.60 Å². The van der Waals surface area contributed by atoms with E-state index in [1.54, 1.807) is 44.2 Å². The van der Waals surface area contributed by atoms with Gasteiger partial charge in [-0.05, 0) is 74.2 Å². The minimum atomic E-state index is -1.15. The summed E-state index contributed by atoms with van der Waals surface area (Å²) in [5, 5.41) is 10.1. The smallest absolute Gasteiger partial charge is 0.283 e. The zero-order valence-corrected chi connectivity index (χ0v) is 18.2. The Morgan fingerprint density at radius 1 is 1.15 bits per heavy atom. The zero-order valence-electron chi connectivity index (χ0n) is 18.2. The molecule has 33 heavy (non-hydrogen) atoms. The summed E-state index contributed by atoms with van der Waals surface area (Å²) in [5.74, 6) is -0.696. The topological polar surface area (TPSA) is 90.0 Å². The first-order valence-electron chi connectivity index (χ1n) is 10.6. The Morgan fingerprint density at radius 3 is 2.67 bits per heavy atom. The van der Waals surface area contributed by atoms with E-state index in [0.717, 1.165) is 0 Å². The molecule has 3 heterocycles. The van der Waals surface area contributed by atoms with Crippen LogP contribution in [0.5, 0.6) is 11.5 Å².